The topological polar surface area (TPSA) is 46.2 Å². The van der Waals surface area contributed by atoms with Crippen LogP contribution in [0.2, 0.25) is 0 Å². The van der Waals surface area contributed by atoms with Crippen molar-refractivity contribution in [3.8, 4) is 0 Å². The van der Waals surface area contributed by atoms with Crippen LogP contribution in [-0.4, -0.2) is 15.5 Å². The molecule has 11 heavy (non-hydrogen) atoms. The van der Waals surface area contributed by atoms with Crippen LogP contribution >= 0.6 is 0 Å². The Labute approximate surface area is 67.6 Å². The lowest BCUT2D eigenvalue weighted by molar-refractivity contribution is 0.588. The van der Waals surface area contributed by atoms with E-state index in [-0.39, 0.29) is 1.43 Å². The van der Waals surface area contributed by atoms with E-state index in [0.29, 0.717) is 4.90 Å². The minimum atomic E-state index is -3.25. The van der Waals surface area contributed by atoms with E-state index in [1.807, 2.05) is 0 Å². The summed E-state index contributed by atoms with van der Waals surface area (Å²) in [5.41, 5.74) is 0. The third-order valence-electron chi connectivity index (χ3n) is 1.32. The van der Waals surface area contributed by atoms with Crippen molar-refractivity contribution in [1.82, 2.24) is 4.72 Å². The summed E-state index contributed by atoms with van der Waals surface area (Å²) in [5, 5.41) is 0. The van der Waals surface area contributed by atoms with E-state index >= 15 is 0 Å². The summed E-state index contributed by atoms with van der Waals surface area (Å²) in [5.74, 6) is 0. The maximum absolute atomic E-state index is 11.1. The summed E-state index contributed by atoms with van der Waals surface area (Å²) >= 11 is 0. The molecule has 0 saturated carbocycles. The fraction of sp³-hybridized carbons (Fsp3) is 0.143. The van der Waals surface area contributed by atoms with Crippen molar-refractivity contribution >= 4 is 10.0 Å². The van der Waals surface area contributed by atoms with Crippen LogP contribution in [0.25, 0.3) is 0 Å². The van der Waals surface area contributed by atoms with E-state index in [1.54, 1.807) is 30.3 Å². The van der Waals surface area contributed by atoms with Crippen molar-refractivity contribution in [3.05, 3.63) is 30.3 Å². The molecule has 0 aliphatic heterocycles. The molecule has 0 unspecified atom stereocenters. The van der Waals surface area contributed by atoms with Gasteiger partial charge in [0.1, 0.15) is 0 Å². The first kappa shape index (κ1) is 8.23. The molecule has 4 heteroatoms. The minimum absolute atomic E-state index is 0. The highest BCUT2D eigenvalue weighted by Crippen LogP contribution is 2.05. The maximum Gasteiger partial charge on any atom is 0.240 e. The van der Waals surface area contributed by atoms with Gasteiger partial charge in [-0.2, -0.15) is 0 Å². The van der Waals surface area contributed by atoms with Crippen molar-refractivity contribution in [3.63, 3.8) is 0 Å². The standard InChI is InChI=1S/C7H9NO2S.H2/c1-8-11(9,10)7-5-3-2-4-6-7;/h2-6,8H,1H3;1H. The highest BCUT2D eigenvalue weighted by Gasteiger charge is 2.08. The average molecular weight is 173 g/mol. The van der Waals surface area contributed by atoms with Crippen molar-refractivity contribution in [2.24, 2.45) is 0 Å². The monoisotopic (exact) mass is 173 g/mol. The predicted octanol–water partition coefficient (Wildman–Crippen LogP) is 0.841. The fourth-order valence-electron chi connectivity index (χ4n) is 0.717. The number of sulfonamides is 1. The van der Waals surface area contributed by atoms with Crippen molar-refractivity contribution < 1.29 is 9.84 Å². The summed E-state index contributed by atoms with van der Waals surface area (Å²) in [4.78, 5) is 0.294. The van der Waals surface area contributed by atoms with Crippen LogP contribution in [0.1, 0.15) is 1.43 Å². The van der Waals surface area contributed by atoms with Crippen molar-refractivity contribution in [1.29, 1.82) is 0 Å². The third kappa shape index (κ3) is 1.78. The largest absolute Gasteiger partial charge is 0.240 e. The van der Waals surface area contributed by atoms with Crippen molar-refractivity contribution in [2.45, 2.75) is 4.90 Å². The lowest BCUT2D eigenvalue weighted by atomic mass is 10.4. The molecule has 1 rings (SSSR count). The summed E-state index contributed by atoms with van der Waals surface area (Å²) in [6.07, 6.45) is 0. The van der Waals surface area contributed by atoms with Crippen LogP contribution in [0.4, 0.5) is 0 Å². The summed E-state index contributed by atoms with van der Waals surface area (Å²) < 4.78 is 24.4. The SMILES string of the molecule is CNS(=O)(=O)c1ccccc1.[HH]. The number of rotatable bonds is 2. The quantitative estimate of drug-likeness (QED) is 0.720. The first-order valence-electron chi connectivity index (χ1n) is 3.15. The highest BCUT2D eigenvalue weighted by atomic mass is 32.2. The van der Waals surface area contributed by atoms with Crippen LogP contribution in [0.5, 0.6) is 0 Å². The van der Waals surface area contributed by atoms with Crippen LogP contribution in [0, 0.1) is 0 Å². The van der Waals surface area contributed by atoms with Crippen molar-refractivity contribution in [2.75, 3.05) is 7.05 Å². The smallest absolute Gasteiger partial charge is 0.214 e. The molecule has 0 bridgehead atoms. The molecular formula is C7H11NO2S. The Morgan fingerprint density at radius 2 is 1.82 bits per heavy atom. The molecule has 1 N–H and O–H groups in total. The summed E-state index contributed by atoms with van der Waals surface area (Å²) in [6, 6.07) is 8.24. The Hall–Kier alpha value is -0.870. The Balaban J connectivity index is 0.00000121. The second-order valence-corrected chi connectivity index (χ2v) is 3.91. The molecule has 1 aromatic rings. The third-order valence-corrected chi connectivity index (χ3v) is 2.75. The fourth-order valence-corrected chi connectivity index (χ4v) is 1.47. The van der Waals surface area contributed by atoms with Gasteiger partial charge in [0.15, 0.2) is 0 Å². The number of benzene rings is 1. The second kappa shape index (κ2) is 3.02. The highest BCUT2D eigenvalue weighted by molar-refractivity contribution is 7.89. The molecule has 3 nitrogen and oxygen atoms in total. The molecule has 0 saturated heterocycles. The minimum Gasteiger partial charge on any atom is -0.214 e. The molecule has 0 radical (unpaired) electrons. The van der Waals surface area contributed by atoms with Gasteiger partial charge in [-0.1, -0.05) is 18.2 Å². The Morgan fingerprint density at radius 1 is 1.27 bits per heavy atom. The van der Waals surface area contributed by atoms with Gasteiger partial charge in [0, 0.05) is 1.43 Å². The van der Waals surface area contributed by atoms with Gasteiger partial charge in [0.2, 0.25) is 10.0 Å². The molecule has 0 spiro atoms. The number of nitrogens with one attached hydrogen (secondary N) is 1. The molecule has 62 valence electrons. The number of hydrogen-bond donors (Lipinski definition) is 1. The molecule has 0 fully saturated rings. The molecular weight excluding hydrogens is 162 g/mol. The second-order valence-electron chi connectivity index (χ2n) is 2.02. The molecule has 0 heterocycles. The van der Waals surface area contributed by atoms with Crippen LogP contribution in [0.3, 0.4) is 0 Å². The van der Waals surface area contributed by atoms with Crippen LogP contribution in [0.15, 0.2) is 35.2 Å². The average Bonchev–Trinajstić information content (AvgIpc) is 2.06. The van der Waals surface area contributed by atoms with E-state index < -0.39 is 10.0 Å². The lowest BCUT2D eigenvalue weighted by Crippen LogP contribution is -2.18. The number of hydrogen-bond acceptors (Lipinski definition) is 2. The Kier molecular flexibility index (Phi) is 2.26. The molecule has 0 atom stereocenters. The van der Waals surface area contributed by atoms with Gasteiger partial charge in [-0.3, -0.25) is 0 Å². The predicted molar refractivity (Wildman–Crippen MR) is 44.8 cm³/mol. The van der Waals surface area contributed by atoms with Crippen LogP contribution < -0.4 is 4.72 Å². The van der Waals surface area contributed by atoms with Gasteiger partial charge in [-0.25, -0.2) is 13.1 Å². The van der Waals surface area contributed by atoms with Gasteiger partial charge < -0.3 is 0 Å². The van der Waals surface area contributed by atoms with Crippen LogP contribution in [-0.2, 0) is 10.0 Å². The Morgan fingerprint density at radius 3 is 2.27 bits per heavy atom. The molecule has 1 aromatic carbocycles. The van der Waals surface area contributed by atoms with Gasteiger partial charge in [-0.15, -0.1) is 0 Å². The zero-order chi connectivity index (χ0) is 8.32. The summed E-state index contributed by atoms with van der Waals surface area (Å²) in [7, 11) is -1.86. The summed E-state index contributed by atoms with van der Waals surface area (Å²) in [6.45, 7) is 0. The first-order valence-corrected chi connectivity index (χ1v) is 4.64. The molecule has 0 aliphatic rings. The lowest BCUT2D eigenvalue weighted by Gasteiger charge is -1.99. The first-order chi connectivity index (χ1) is 5.17. The van der Waals surface area contributed by atoms with Gasteiger partial charge >= 0.3 is 0 Å². The Bertz CT molecular complexity index is 323. The molecule has 0 aromatic heterocycles. The van der Waals surface area contributed by atoms with Gasteiger partial charge in [0.25, 0.3) is 0 Å². The normalized spacial score (nSPS) is 11.4. The molecule has 0 amide bonds. The van der Waals surface area contributed by atoms with E-state index in [0.717, 1.165) is 0 Å². The van der Waals surface area contributed by atoms with E-state index in [2.05, 4.69) is 4.72 Å². The van der Waals surface area contributed by atoms with Gasteiger partial charge in [0.05, 0.1) is 4.90 Å². The maximum atomic E-state index is 11.1. The van der Waals surface area contributed by atoms with E-state index in [9.17, 15) is 8.42 Å². The van der Waals surface area contributed by atoms with Gasteiger partial charge in [-0.05, 0) is 19.2 Å². The zero-order valence-corrected chi connectivity index (χ0v) is 6.93. The molecule has 0 aliphatic carbocycles. The van der Waals surface area contributed by atoms with E-state index in [4.69, 9.17) is 0 Å². The van der Waals surface area contributed by atoms with E-state index in [1.165, 1.54) is 7.05 Å². The zero-order valence-electron chi connectivity index (χ0n) is 6.11.